The number of hydrogen-bond acceptors (Lipinski definition) is 3. The number of urea groups is 1. The highest BCUT2D eigenvalue weighted by Crippen LogP contribution is 2.38. The first kappa shape index (κ1) is 19.3. The van der Waals surface area contributed by atoms with E-state index in [1.165, 1.54) is 12.1 Å². The van der Waals surface area contributed by atoms with Crippen molar-refractivity contribution in [2.75, 3.05) is 20.8 Å². The molecule has 0 aliphatic carbocycles. The first-order valence-electron chi connectivity index (χ1n) is 8.73. The topological polar surface area (TPSA) is 50.8 Å². The van der Waals surface area contributed by atoms with E-state index in [-0.39, 0.29) is 23.6 Å². The van der Waals surface area contributed by atoms with E-state index in [1.807, 2.05) is 18.2 Å². The molecule has 0 radical (unpaired) electrons. The summed E-state index contributed by atoms with van der Waals surface area (Å²) in [5.74, 6) is 0.931. The Labute approximate surface area is 163 Å². The van der Waals surface area contributed by atoms with E-state index in [0.29, 0.717) is 18.0 Å². The number of halogens is 2. The van der Waals surface area contributed by atoms with Crippen LogP contribution in [0.25, 0.3) is 0 Å². The molecule has 0 bridgehead atoms. The number of nitrogens with zero attached hydrogens (tertiary/aromatic N) is 1. The van der Waals surface area contributed by atoms with Gasteiger partial charge in [0.25, 0.3) is 0 Å². The maximum absolute atomic E-state index is 13.3. The molecular weight excluding hydrogens is 371 g/mol. The standard InChI is InChI=1S/C20H22ClFN2O3/c1-26-14-6-7-15(19(11-14)27-2)18-4-3-9-24(18)20(25)23-12-13-5-8-17(22)16(21)10-13/h5-8,10-11,18H,3-4,9,12H2,1-2H3,(H,23,25). The molecule has 7 heteroatoms. The second kappa shape index (κ2) is 8.48. The van der Waals surface area contributed by atoms with Crippen LogP contribution in [0.2, 0.25) is 5.02 Å². The molecule has 2 amide bonds. The van der Waals surface area contributed by atoms with Crippen molar-refractivity contribution in [1.29, 1.82) is 0 Å². The van der Waals surface area contributed by atoms with Crippen LogP contribution < -0.4 is 14.8 Å². The van der Waals surface area contributed by atoms with Crippen LogP contribution in [0, 0.1) is 5.82 Å². The number of likely N-dealkylation sites (tertiary alicyclic amines) is 1. The van der Waals surface area contributed by atoms with Crippen LogP contribution in [0.5, 0.6) is 11.5 Å². The number of hydrogen-bond donors (Lipinski definition) is 1. The lowest BCUT2D eigenvalue weighted by Crippen LogP contribution is -2.39. The minimum Gasteiger partial charge on any atom is -0.497 e. The fourth-order valence-electron chi connectivity index (χ4n) is 3.36. The second-order valence-electron chi connectivity index (χ2n) is 6.37. The molecule has 2 aromatic carbocycles. The van der Waals surface area contributed by atoms with Crippen molar-refractivity contribution in [3.63, 3.8) is 0 Å². The Morgan fingerprint density at radius 1 is 1.26 bits per heavy atom. The number of carbonyl (C=O) groups excluding carboxylic acids is 1. The quantitative estimate of drug-likeness (QED) is 0.812. The molecule has 1 aliphatic rings. The Bertz CT molecular complexity index is 831. The zero-order valence-corrected chi connectivity index (χ0v) is 16.1. The van der Waals surface area contributed by atoms with Gasteiger partial charge in [0.05, 0.1) is 25.3 Å². The fraction of sp³-hybridized carbons (Fsp3) is 0.350. The van der Waals surface area contributed by atoms with Gasteiger partial charge in [-0.2, -0.15) is 0 Å². The van der Waals surface area contributed by atoms with E-state index >= 15 is 0 Å². The first-order chi connectivity index (χ1) is 13.0. The summed E-state index contributed by atoms with van der Waals surface area (Å²) in [6, 6.07) is 9.81. The smallest absolute Gasteiger partial charge is 0.318 e. The molecule has 27 heavy (non-hydrogen) atoms. The highest BCUT2D eigenvalue weighted by atomic mass is 35.5. The van der Waals surface area contributed by atoms with E-state index in [4.69, 9.17) is 21.1 Å². The third-order valence-corrected chi connectivity index (χ3v) is 5.03. The minimum absolute atomic E-state index is 0.0452. The van der Waals surface area contributed by atoms with Crippen molar-refractivity contribution >= 4 is 17.6 Å². The fourth-order valence-corrected chi connectivity index (χ4v) is 3.56. The average Bonchev–Trinajstić information content (AvgIpc) is 3.17. The summed E-state index contributed by atoms with van der Waals surface area (Å²) in [5.41, 5.74) is 1.70. The molecular formula is C20H22ClFN2O3. The van der Waals surface area contributed by atoms with Gasteiger partial charge in [-0.25, -0.2) is 9.18 Å². The summed E-state index contributed by atoms with van der Waals surface area (Å²) in [7, 11) is 3.21. The number of rotatable bonds is 5. The molecule has 1 saturated heterocycles. The Kier molecular flexibility index (Phi) is 6.06. The van der Waals surface area contributed by atoms with Crippen LogP contribution in [-0.4, -0.2) is 31.7 Å². The summed E-state index contributed by atoms with van der Waals surface area (Å²) in [4.78, 5) is 14.5. The molecule has 1 heterocycles. The van der Waals surface area contributed by atoms with Crippen LogP contribution in [0.15, 0.2) is 36.4 Å². The van der Waals surface area contributed by atoms with E-state index in [2.05, 4.69) is 5.32 Å². The summed E-state index contributed by atoms with van der Waals surface area (Å²) < 4.78 is 24.0. The van der Waals surface area contributed by atoms with E-state index in [1.54, 1.807) is 25.2 Å². The first-order valence-corrected chi connectivity index (χ1v) is 9.11. The average molecular weight is 393 g/mol. The molecule has 0 saturated carbocycles. The lowest BCUT2D eigenvalue weighted by Gasteiger charge is -2.26. The number of ether oxygens (including phenoxy) is 2. The highest BCUT2D eigenvalue weighted by Gasteiger charge is 2.32. The van der Waals surface area contributed by atoms with Gasteiger partial charge >= 0.3 is 6.03 Å². The summed E-state index contributed by atoms with van der Waals surface area (Å²) >= 11 is 5.80. The van der Waals surface area contributed by atoms with Gasteiger partial charge in [-0.05, 0) is 42.7 Å². The van der Waals surface area contributed by atoms with Crippen LogP contribution in [0.1, 0.15) is 30.0 Å². The summed E-state index contributed by atoms with van der Waals surface area (Å²) in [6.07, 6.45) is 1.77. The number of carbonyl (C=O) groups is 1. The van der Waals surface area contributed by atoms with Crippen molar-refractivity contribution in [1.82, 2.24) is 10.2 Å². The lowest BCUT2D eigenvalue weighted by molar-refractivity contribution is 0.191. The molecule has 5 nitrogen and oxygen atoms in total. The highest BCUT2D eigenvalue weighted by molar-refractivity contribution is 6.30. The Morgan fingerprint density at radius 3 is 2.78 bits per heavy atom. The van der Waals surface area contributed by atoms with Crippen molar-refractivity contribution in [3.05, 3.63) is 58.4 Å². The molecule has 2 aromatic rings. The summed E-state index contributed by atoms with van der Waals surface area (Å²) in [6.45, 7) is 0.942. The third kappa shape index (κ3) is 4.27. The lowest BCUT2D eigenvalue weighted by atomic mass is 10.0. The number of benzene rings is 2. The predicted octanol–water partition coefficient (Wildman–Crippen LogP) is 4.54. The molecule has 0 aromatic heterocycles. The van der Waals surface area contributed by atoms with Crippen LogP contribution in [0.3, 0.4) is 0 Å². The SMILES string of the molecule is COc1ccc(C2CCCN2C(=O)NCc2ccc(F)c(Cl)c2)c(OC)c1. The molecule has 1 aliphatic heterocycles. The van der Waals surface area contributed by atoms with Crippen molar-refractivity contribution in [2.45, 2.75) is 25.4 Å². The van der Waals surface area contributed by atoms with Crippen LogP contribution >= 0.6 is 11.6 Å². The zero-order valence-electron chi connectivity index (χ0n) is 15.3. The predicted molar refractivity (Wildman–Crippen MR) is 102 cm³/mol. The molecule has 1 atom stereocenters. The van der Waals surface area contributed by atoms with E-state index < -0.39 is 5.82 Å². The van der Waals surface area contributed by atoms with Gasteiger partial charge < -0.3 is 19.7 Å². The third-order valence-electron chi connectivity index (χ3n) is 4.74. The monoisotopic (exact) mass is 392 g/mol. The van der Waals surface area contributed by atoms with Gasteiger partial charge in [-0.1, -0.05) is 17.7 Å². The van der Waals surface area contributed by atoms with Gasteiger partial charge in [0.1, 0.15) is 17.3 Å². The maximum Gasteiger partial charge on any atom is 0.318 e. The van der Waals surface area contributed by atoms with E-state index in [0.717, 1.165) is 24.0 Å². The molecule has 0 spiro atoms. The number of methoxy groups -OCH3 is 2. The van der Waals surface area contributed by atoms with Crippen molar-refractivity contribution < 1.29 is 18.7 Å². The Hall–Kier alpha value is -2.47. The molecule has 1 unspecified atom stereocenters. The Balaban J connectivity index is 1.72. The minimum atomic E-state index is -0.474. The van der Waals surface area contributed by atoms with Crippen molar-refractivity contribution in [2.24, 2.45) is 0 Å². The van der Waals surface area contributed by atoms with Crippen molar-refractivity contribution in [3.8, 4) is 11.5 Å². The van der Waals surface area contributed by atoms with Gasteiger partial charge in [0.15, 0.2) is 0 Å². The summed E-state index contributed by atoms with van der Waals surface area (Å²) in [5, 5.41) is 2.93. The van der Waals surface area contributed by atoms with Gasteiger partial charge in [-0.3, -0.25) is 0 Å². The van der Waals surface area contributed by atoms with E-state index in [9.17, 15) is 9.18 Å². The molecule has 1 N–H and O–H groups in total. The van der Waals surface area contributed by atoms with Crippen LogP contribution in [0.4, 0.5) is 9.18 Å². The maximum atomic E-state index is 13.3. The molecule has 3 rings (SSSR count). The normalized spacial score (nSPS) is 16.3. The van der Waals surface area contributed by atoms with Gasteiger partial charge in [-0.15, -0.1) is 0 Å². The largest absolute Gasteiger partial charge is 0.497 e. The van der Waals surface area contributed by atoms with Gasteiger partial charge in [0, 0.05) is 24.7 Å². The number of amides is 2. The second-order valence-corrected chi connectivity index (χ2v) is 6.77. The molecule has 144 valence electrons. The zero-order chi connectivity index (χ0) is 19.4. The number of nitrogens with one attached hydrogen (secondary N) is 1. The Morgan fingerprint density at radius 2 is 2.07 bits per heavy atom. The van der Waals surface area contributed by atoms with Crippen LogP contribution in [-0.2, 0) is 6.54 Å². The molecule has 1 fully saturated rings. The van der Waals surface area contributed by atoms with Gasteiger partial charge in [0.2, 0.25) is 0 Å².